The number of aromatic nitrogens is 2. The maximum atomic E-state index is 5.81. The second-order valence-electron chi connectivity index (χ2n) is 4.04. The van der Waals surface area contributed by atoms with Gasteiger partial charge in [0, 0.05) is 25.8 Å². The van der Waals surface area contributed by atoms with Crippen LogP contribution in [-0.2, 0) is 11.8 Å². The first-order valence-electron chi connectivity index (χ1n) is 5.55. The number of nitrogens with two attached hydrogens (primary N) is 1. The van der Waals surface area contributed by atoms with E-state index in [4.69, 9.17) is 10.5 Å². The van der Waals surface area contributed by atoms with Crippen LogP contribution in [-0.4, -0.2) is 16.9 Å². The highest BCUT2D eigenvalue weighted by Crippen LogP contribution is 2.29. The van der Waals surface area contributed by atoms with Gasteiger partial charge in [0.15, 0.2) is 0 Å². The van der Waals surface area contributed by atoms with Crippen LogP contribution in [0.2, 0.25) is 0 Å². The van der Waals surface area contributed by atoms with Gasteiger partial charge in [-0.15, -0.1) is 0 Å². The normalized spacial score (nSPS) is 12.6. The molecule has 0 spiro atoms. The van der Waals surface area contributed by atoms with Crippen molar-refractivity contribution >= 4 is 5.82 Å². The third-order valence-corrected chi connectivity index (χ3v) is 2.94. The lowest BCUT2D eigenvalue weighted by Gasteiger charge is -2.13. The van der Waals surface area contributed by atoms with Crippen LogP contribution < -0.4 is 5.73 Å². The van der Waals surface area contributed by atoms with E-state index in [-0.39, 0.29) is 6.10 Å². The Hall–Kier alpha value is -1.81. The summed E-state index contributed by atoms with van der Waals surface area (Å²) in [6.07, 6.45) is 0.0365. The Kier molecular flexibility index (Phi) is 3.15. The SMILES string of the molecule is COC(C)c1ccccc1-c1cc(N)n(C)n1. The summed E-state index contributed by atoms with van der Waals surface area (Å²) in [6, 6.07) is 9.95. The van der Waals surface area contributed by atoms with Crippen LogP contribution in [0, 0.1) is 0 Å². The second kappa shape index (κ2) is 4.59. The molecule has 1 aromatic heterocycles. The molecule has 1 atom stereocenters. The van der Waals surface area contributed by atoms with E-state index >= 15 is 0 Å². The van der Waals surface area contributed by atoms with Gasteiger partial charge >= 0.3 is 0 Å². The first kappa shape index (κ1) is 11.7. The van der Waals surface area contributed by atoms with Crippen LogP contribution in [0.4, 0.5) is 5.82 Å². The van der Waals surface area contributed by atoms with Crippen molar-refractivity contribution in [2.75, 3.05) is 12.8 Å². The third-order valence-electron chi connectivity index (χ3n) is 2.94. The van der Waals surface area contributed by atoms with Crippen LogP contribution in [0.25, 0.3) is 11.3 Å². The monoisotopic (exact) mass is 231 g/mol. The molecule has 0 aliphatic heterocycles. The van der Waals surface area contributed by atoms with E-state index in [1.165, 1.54) is 0 Å². The zero-order valence-electron chi connectivity index (χ0n) is 10.3. The molecule has 1 heterocycles. The van der Waals surface area contributed by atoms with Crippen molar-refractivity contribution in [1.82, 2.24) is 9.78 Å². The Bertz CT molecular complexity index is 500. The Balaban J connectivity index is 2.51. The summed E-state index contributed by atoms with van der Waals surface area (Å²) < 4.78 is 7.04. The van der Waals surface area contributed by atoms with Crippen LogP contribution in [0.3, 0.4) is 0 Å². The molecule has 2 rings (SSSR count). The summed E-state index contributed by atoms with van der Waals surface area (Å²) >= 11 is 0. The average Bonchev–Trinajstić information content (AvgIpc) is 2.68. The first-order chi connectivity index (χ1) is 8.13. The van der Waals surface area contributed by atoms with E-state index < -0.39 is 0 Å². The number of nitrogen functional groups attached to an aromatic ring is 1. The predicted molar refractivity (Wildman–Crippen MR) is 68.5 cm³/mol. The molecule has 4 heteroatoms. The molecule has 4 nitrogen and oxygen atoms in total. The van der Waals surface area contributed by atoms with Gasteiger partial charge in [-0.25, -0.2) is 0 Å². The zero-order chi connectivity index (χ0) is 12.4. The molecule has 0 radical (unpaired) electrons. The van der Waals surface area contributed by atoms with Crippen molar-refractivity contribution in [1.29, 1.82) is 0 Å². The van der Waals surface area contributed by atoms with Gasteiger partial charge in [0.05, 0.1) is 11.8 Å². The molecule has 0 saturated carbocycles. The molecule has 1 unspecified atom stereocenters. The van der Waals surface area contributed by atoms with Crippen molar-refractivity contribution in [3.63, 3.8) is 0 Å². The Morgan fingerprint density at radius 3 is 2.65 bits per heavy atom. The van der Waals surface area contributed by atoms with Gasteiger partial charge in [0.25, 0.3) is 0 Å². The Labute approximate surface area is 101 Å². The van der Waals surface area contributed by atoms with Crippen molar-refractivity contribution < 1.29 is 4.74 Å². The molecule has 0 saturated heterocycles. The lowest BCUT2D eigenvalue weighted by atomic mass is 10.0. The highest BCUT2D eigenvalue weighted by Gasteiger charge is 2.13. The van der Waals surface area contributed by atoms with Crippen LogP contribution in [0.5, 0.6) is 0 Å². The van der Waals surface area contributed by atoms with Crippen LogP contribution in [0.1, 0.15) is 18.6 Å². The lowest BCUT2D eigenvalue weighted by molar-refractivity contribution is 0.120. The summed E-state index contributed by atoms with van der Waals surface area (Å²) in [5.41, 5.74) is 8.87. The molecule has 0 aliphatic rings. The minimum Gasteiger partial charge on any atom is -0.384 e. The fourth-order valence-electron chi connectivity index (χ4n) is 1.83. The van der Waals surface area contributed by atoms with Crippen molar-refractivity contribution in [3.8, 4) is 11.3 Å². The van der Waals surface area contributed by atoms with Gasteiger partial charge < -0.3 is 10.5 Å². The predicted octanol–water partition coefficient (Wildman–Crippen LogP) is 2.38. The number of methoxy groups -OCH3 is 1. The summed E-state index contributed by atoms with van der Waals surface area (Å²) in [7, 11) is 3.54. The van der Waals surface area contributed by atoms with E-state index in [0.29, 0.717) is 5.82 Å². The van der Waals surface area contributed by atoms with Crippen LogP contribution in [0.15, 0.2) is 30.3 Å². The number of rotatable bonds is 3. The fraction of sp³-hybridized carbons (Fsp3) is 0.308. The van der Waals surface area contributed by atoms with Gasteiger partial charge in [-0.05, 0) is 12.5 Å². The largest absolute Gasteiger partial charge is 0.384 e. The first-order valence-corrected chi connectivity index (χ1v) is 5.55. The minimum absolute atomic E-state index is 0.0365. The summed E-state index contributed by atoms with van der Waals surface area (Å²) in [6.45, 7) is 2.02. The number of aryl methyl sites for hydroxylation is 1. The van der Waals surface area contributed by atoms with Crippen molar-refractivity contribution in [2.24, 2.45) is 7.05 Å². The van der Waals surface area contributed by atoms with E-state index in [1.807, 2.05) is 44.3 Å². The highest BCUT2D eigenvalue weighted by molar-refractivity contribution is 5.66. The molecule has 0 bridgehead atoms. The number of hydrogen-bond donors (Lipinski definition) is 1. The van der Waals surface area contributed by atoms with Gasteiger partial charge in [0.1, 0.15) is 5.82 Å². The molecule has 17 heavy (non-hydrogen) atoms. The number of anilines is 1. The highest BCUT2D eigenvalue weighted by atomic mass is 16.5. The number of nitrogens with zero attached hydrogens (tertiary/aromatic N) is 2. The zero-order valence-corrected chi connectivity index (χ0v) is 10.3. The molecular formula is C13H17N3O. The number of hydrogen-bond acceptors (Lipinski definition) is 3. The van der Waals surface area contributed by atoms with Gasteiger partial charge in [-0.2, -0.15) is 5.10 Å². The molecule has 2 N–H and O–H groups in total. The second-order valence-corrected chi connectivity index (χ2v) is 4.04. The fourth-order valence-corrected chi connectivity index (χ4v) is 1.83. The van der Waals surface area contributed by atoms with E-state index in [9.17, 15) is 0 Å². The van der Waals surface area contributed by atoms with Crippen molar-refractivity contribution in [3.05, 3.63) is 35.9 Å². The van der Waals surface area contributed by atoms with Gasteiger partial charge in [-0.1, -0.05) is 24.3 Å². The molecule has 90 valence electrons. The summed E-state index contributed by atoms with van der Waals surface area (Å²) in [5, 5.41) is 4.39. The maximum Gasteiger partial charge on any atom is 0.121 e. The number of benzene rings is 1. The van der Waals surface area contributed by atoms with Gasteiger partial charge in [-0.3, -0.25) is 4.68 Å². The Morgan fingerprint density at radius 1 is 1.35 bits per heavy atom. The van der Waals surface area contributed by atoms with E-state index in [1.54, 1.807) is 11.8 Å². The summed E-state index contributed by atoms with van der Waals surface area (Å²) in [4.78, 5) is 0. The lowest BCUT2D eigenvalue weighted by Crippen LogP contribution is -1.99. The van der Waals surface area contributed by atoms with Gasteiger partial charge in [0.2, 0.25) is 0 Å². The third kappa shape index (κ3) is 2.17. The smallest absolute Gasteiger partial charge is 0.121 e. The summed E-state index contributed by atoms with van der Waals surface area (Å²) in [5.74, 6) is 0.653. The molecule has 1 aromatic carbocycles. The number of ether oxygens (including phenoxy) is 1. The minimum atomic E-state index is 0.0365. The van der Waals surface area contributed by atoms with E-state index in [2.05, 4.69) is 5.10 Å². The molecule has 2 aromatic rings. The topological polar surface area (TPSA) is 53.1 Å². The maximum absolute atomic E-state index is 5.81. The quantitative estimate of drug-likeness (QED) is 0.882. The molecular weight excluding hydrogens is 214 g/mol. The standard InChI is InChI=1S/C13H17N3O/c1-9(17-3)10-6-4-5-7-11(10)12-8-13(14)16(2)15-12/h4-9H,14H2,1-3H3. The average molecular weight is 231 g/mol. The van der Waals surface area contributed by atoms with E-state index in [0.717, 1.165) is 16.8 Å². The Morgan fingerprint density at radius 2 is 2.06 bits per heavy atom. The van der Waals surface area contributed by atoms with Crippen molar-refractivity contribution in [2.45, 2.75) is 13.0 Å². The van der Waals surface area contributed by atoms with Crippen LogP contribution >= 0.6 is 0 Å². The molecule has 0 fully saturated rings. The molecule has 0 amide bonds. The molecule has 0 aliphatic carbocycles.